The Labute approximate surface area is 89.0 Å². The largest absolute Gasteiger partial charge is 0.497 e. The van der Waals surface area contributed by atoms with Crippen LogP contribution >= 0.6 is 0 Å². The van der Waals surface area contributed by atoms with Crippen molar-refractivity contribution in [1.29, 1.82) is 0 Å². The zero-order chi connectivity index (χ0) is 10.7. The number of hydrogen-bond acceptors (Lipinski definition) is 2. The van der Waals surface area contributed by atoms with Crippen molar-refractivity contribution in [3.63, 3.8) is 0 Å². The van der Waals surface area contributed by atoms with Crippen molar-refractivity contribution in [3.05, 3.63) is 42.1 Å². The van der Waals surface area contributed by atoms with E-state index in [1.807, 2.05) is 12.3 Å². The fourth-order valence-electron chi connectivity index (χ4n) is 1.56. The first-order valence-corrected chi connectivity index (χ1v) is 4.93. The van der Waals surface area contributed by atoms with Gasteiger partial charge in [-0.1, -0.05) is 6.08 Å². The molecule has 1 amide bonds. The van der Waals surface area contributed by atoms with Gasteiger partial charge in [0.05, 0.1) is 7.11 Å². The van der Waals surface area contributed by atoms with Gasteiger partial charge in [-0.3, -0.25) is 4.79 Å². The quantitative estimate of drug-likeness (QED) is 0.736. The summed E-state index contributed by atoms with van der Waals surface area (Å²) < 4.78 is 5.04. The van der Waals surface area contributed by atoms with Crippen LogP contribution in [0.5, 0.6) is 5.75 Å². The Bertz CT molecular complexity index is 381. The lowest BCUT2D eigenvalue weighted by Gasteiger charge is -2.13. The lowest BCUT2D eigenvalue weighted by atomic mass is 10.2. The maximum Gasteiger partial charge on any atom is 0.257 e. The summed E-state index contributed by atoms with van der Waals surface area (Å²) in [5.74, 6) is 0.815. The third-order valence-electron chi connectivity index (χ3n) is 2.42. The highest BCUT2D eigenvalue weighted by Crippen LogP contribution is 2.15. The maximum absolute atomic E-state index is 11.9. The van der Waals surface area contributed by atoms with Crippen LogP contribution in [0, 0.1) is 0 Å². The summed E-state index contributed by atoms with van der Waals surface area (Å²) in [5, 5.41) is 0. The van der Waals surface area contributed by atoms with Crippen molar-refractivity contribution < 1.29 is 9.53 Å². The molecule has 0 aliphatic carbocycles. The molecule has 2 rings (SSSR count). The first-order chi connectivity index (χ1) is 7.31. The van der Waals surface area contributed by atoms with Gasteiger partial charge in [-0.15, -0.1) is 0 Å². The molecule has 0 aromatic heterocycles. The van der Waals surface area contributed by atoms with E-state index >= 15 is 0 Å². The summed E-state index contributed by atoms with van der Waals surface area (Å²) in [4.78, 5) is 13.6. The Morgan fingerprint density at radius 3 is 2.60 bits per heavy atom. The number of hydrogen-bond donors (Lipinski definition) is 0. The first-order valence-electron chi connectivity index (χ1n) is 4.93. The van der Waals surface area contributed by atoms with Crippen LogP contribution in [0.1, 0.15) is 16.8 Å². The van der Waals surface area contributed by atoms with Gasteiger partial charge in [0, 0.05) is 18.3 Å². The van der Waals surface area contributed by atoms with Crippen molar-refractivity contribution in [1.82, 2.24) is 4.90 Å². The van der Waals surface area contributed by atoms with Gasteiger partial charge < -0.3 is 9.64 Å². The summed E-state index contributed by atoms with van der Waals surface area (Å²) in [5.41, 5.74) is 0.697. The van der Waals surface area contributed by atoms with E-state index in [2.05, 4.69) is 0 Å². The molecule has 3 nitrogen and oxygen atoms in total. The highest BCUT2D eigenvalue weighted by Gasteiger charge is 2.15. The van der Waals surface area contributed by atoms with Crippen molar-refractivity contribution in [2.24, 2.45) is 0 Å². The molecule has 0 fully saturated rings. The van der Waals surface area contributed by atoms with E-state index in [-0.39, 0.29) is 5.91 Å². The minimum Gasteiger partial charge on any atom is -0.497 e. The van der Waals surface area contributed by atoms with Gasteiger partial charge >= 0.3 is 0 Å². The Morgan fingerprint density at radius 1 is 1.33 bits per heavy atom. The van der Waals surface area contributed by atoms with Crippen molar-refractivity contribution in [2.75, 3.05) is 13.7 Å². The van der Waals surface area contributed by atoms with Gasteiger partial charge in [0.15, 0.2) is 0 Å². The minimum absolute atomic E-state index is 0.0476. The van der Waals surface area contributed by atoms with Gasteiger partial charge in [0.2, 0.25) is 0 Å². The highest BCUT2D eigenvalue weighted by molar-refractivity contribution is 5.95. The molecule has 0 bridgehead atoms. The fraction of sp³-hybridized carbons (Fsp3) is 0.250. The normalized spacial score (nSPS) is 14.3. The van der Waals surface area contributed by atoms with E-state index in [1.165, 1.54) is 0 Å². The molecule has 1 aromatic carbocycles. The number of carbonyl (C=O) groups excluding carboxylic acids is 1. The minimum atomic E-state index is 0.0476. The molecule has 0 saturated heterocycles. The standard InChI is InChI=1S/C12H13NO2/c1-15-11-6-4-10(5-7-11)12(14)13-8-2-3-9-13/h2,4-8H,3,9H2,1H3. The van der Waals surface area contributed by atoms with Gasteiger partial charge in [-0.2, -0.15) is 0 Å². The number of ether oxygens (including phenoxy) is 1. The van der Waals surface area contributed by atoms with E-state index in [9.17, 15) is 4.79 Å². The topological polar surface area (TPSA) is 29.5 Å². The molecule has 1 aromatic rings. The Hall–Kier alpha value is -1.77. The van der Waals surface area contributed by atoms with E-state index in [1.54, 1.807) is 36.3 Å². The number of benzene rings is 1. The third kappa shape index (κ3) is 2.01. The average Bonchev–Trinajstić information content (AvgIpc) is 2.82. The van der Waals surface area contributed by atoms with E-state index in [4.69, 9.17) is 4.74 Å². The van der Waals surface area contributed by atoms with Gasteiger partial charge in [0.1, 0.15) is 5.75 Å². The van der Waals surface area contributed by atoms with Gasteiger partial charge in [-0.25, -0.2) is 0 Å². The van der Waals surface area contributed by atoms with Crippen molar-refractivity contribution in [2.45, 2.75) is 6.42 Å². The lowest BCUT2D eigenvalue weighted by molar-refractivity contribution is 0.0833. The number of carbonyl (C=O) groups is 1. The molecule has 0 spiro atoms. The summed E-state index contributed by atoms with van der Waals surface area (Å²) in [6.07, 6.45) is 4.79. The molecular formula is C12H13NO2. The van der Waals surface area contributed by atoms with Crippen LogP contribution in [0.25, 0.3) is 0 Å². The fourth-order valence-corrected chi connectivity index (χ4v) is 1.56. The number of methoxy groups -OCH3 is 1. The van der Waals surface area contributed by atoms with Gasteiger partial charge in [0.25, 0.3) is 5.91 Å². The molecule has 1 aliphatic rings. The first kappa shape index (κ1) is 9.77. The van der Waals surface area contributed by atoms with Crippen LogP contribution in [0.2, 0.25) is 0 Å². The molecule has 0 saturated carbocycles. The second-order valence-electron chi connectivity index (χ2n) is 3.40. The van der Waals surface area contributed by atoms with Crippen LogP contribution in [0.4, 0.5) is 0 Å². The van der Waals surface area contributed by atoms with Gasteiger partial charge in [-0.05, 0) is 30.7 Å². The van der Waals surface area contributed by atoms with Crippen molar-refractivity contribution in [3.8, 4) is 5.75 Å². The molecule has 1 aliphatic heterocycles. The molecule has 0 N–H and O–H groups in total. The monoisotopic (exact) mass is 203 g/mol. The molecule has 15 heavy (non-hydrogen) atoms. The molecule has 1 heterocycles. The molecule has 0 radical (unpaired) electrons. The molecular weight excluding hydrogens is 190 g/mol. The Balaban J connectivity index is 2.14. The Morgan fingerprint density at radius 2 is 2.07 bits per heavy atom. The number of amides is 1. The molecule has 78 valence electrons. The predicted octanol–water partition coefficient (Wildman–Crippen LogP) is 2.05. The van der Waals surface area contributed by atoms with E-state index in [0.29, 0.717) is 5.56 Å². The van der Waals surface area contributed by atoms with Crippen LogP contribution in [-0.4, -0.2) is 24.5 Å². The summed E-state index contributed by atoms with van der Waals surface area (Å²) in [6, 6.07) is 7.17. The second-order valence-corrected chi connectivity index (χ2v) is 3.40. The smallest absolute Gasteiger partial charge is 0.257 e. The van der Waals surface area contributed by atoms with Crippen LogP contribution < -0.4 is 4.74 Å². The number of nitrogens with zero attached hydrogens (tertiary/aromatic N) is 1. The third-order valence-corrected chi connectivity index (χ3v) is 2.42. The van der Waals surface area contributed by atoms with Crippen molar-refractivity contribution >= 4 is 5.91 Å². The Kier molecular flexibility index (Phi) is 2.72. The van der Waals surface area contributed by atoms with Crippen LogP contribution in [0.15, 0.2) is 36.5 Å². The lowest BCUT2D eigenvalue weighted by Crippen LogP contribution is -2.23. The molecule has 0 unspecified atom stereocenters. The number of rotatable bonds is 2. The van der Waals surface area contributed by atoms with Crippen LogP contribution in [0.3, 0.4) is 0 Å². The maximum atomic E-state index is 11.9. The second kappa shape index (κ2) is 4.17. The van der Waals surface area contributed by atoms with E-state index in [0.717, 1.165) is 18.7 Å². The SMILES string of the molecule is COc1ccc(C(=O)N2C=CCC2)cc1. The van der Waals surface area contributed by atoms with Crippen LogP contribution in [-0.2, 0) is 0 Å². The zero-order valence-corrected chi connectivity index (χ0v) is 8.64. The zero-order valence-electron chi connectivity index (χ0n) is 8.64. The predicted molar refractivity (Wildman–Crippen MR) is 57.8 cm³/mol. The van der Waals surface area contributed by atoms with E-state index < -0.39 is 0 Å². The highest BCUT2D eigenvalue weighted by atomic mass is 16.5. The average molecular weight is 203 g/mol. The molecule has 3 heteroatoms. The summed E-state index contributed by atoms with van der Waals surface area (Å²) in [7, 11) is 1.61. The molecule has 0 atom stereocenters. The summed E-state index contributed by atoms with van der Waals surface area (Å²) in [6.45, 7) is 0.783. The summed E-state index contributed by atoms with van der Waals surface area (Å²) >= 11 is 0.